The molecule has 4 amide bonds. The summed E-state index contributed by atoms with van der Waals surface area (Å²) in [5.74, 6) is -8.99. The molecule has 4 aliphatic rings. The Morgan fingerprint density at radius 1 is 0.913 bits per heavy atom. The molecule has 0 radical (unpaired) electrons. The maximum absolute atomic E-state index is 14.4. The van der Waals surface area contributed by atoms with Gasteiger partial charge in [0.1, 0.15) is 22.9 Å². The minimum atomic E-state index is -1.37. The Morgan fingerprint density at radius 2 is 1.63 bits per heavy atom. The molecule has 6 unspecified atom stereocenters. The van der Waals surface area contributed by atoms with Crippen molar-refractivity contribution in [3.8, 4) is 11.5 Å². The lowest BCUT2D eigenvalue weighted by molar-refractivity contribution is -0.131. The molecule has 6 atom stereocenters. The van der Waals surface area contributed by atoms with Gasteiger partial charge in [-0.15, -0.1) is 0 Å². The molecule has 2 heterocycles. The van der Waals surface area contributed by atoms with Crippen LogP contribution in [0.1, 0.15) is 41.6 Å². The summed E-state index contributed by atoms with van der Waals surface area (Å²) >= 11 is 6.03. The lowest BCUT2D eigenvalue weighted by Crippen LogP contribution is -2.48. The quantitative estimate of drug-likeness (QED) is 0.264. The fraction of sp³-hybridized carbons (Fsp3) is 0.265. The number of phenols is 2. The van der Waals surface area contributed by atoms with E-state index in [0.717, 1.165) is 28.0 Å². The van der Waals surface area contributed by atoms with Gasteiger partial charge in [0.05, 0.1) is 39.6 Å². The molecule has 3 aromatic rings. The number of allylic oxidation sites excluding steroid dienone is 2. The van der Waals surface area contributed by atoms with Crippen LogP contribution < -0.4 is 9.80 Å². The Bertz CT molecular complexity index is 1940. The largest absolute Gasteiger partial charge is 0.508 e. The molecule has 3 fully saturated rings. The number of aromatic hydroxyl groups is 2. The number of benzene rings is 3. The molecule has 46 heavy (non-hydrogen) atoms. The second-order valence-corrected chi connectivity index (χ2v) is 12.8. The van der Waals surface area contributed by atoms with Crippen LogP contribution in [-0.4, -0.2) is 44.9 Å². The third kappa shape index (κ3) is 4.04. The second kappa shape index (κ2) is 10.2. The monoisotopic (exact) mass is 644 g/mol. The minimum Gasteiger partial charge on any atom is -0.508 e. The first-order chi connectivity index (χ1) is 21.8. The SMILES string of the molecule is CC12C(=O)N(c3ccc(F)c(Cl)c3)C(=O)C1CC1C(=CCC3C(=O)N(c4ccc(C(=O)O)c(O)c4)C(=O)C31)C2c1cccc(O)c1. The summed E-state index contributed by atoms with van der Waals surface area (Å²) < 4.78 is 14.0. The Hall–Kier alpha value is -5.03. The third-order valence-corrected chi connectivity index (χ3v) is 10.4. The van der Waals surface area contributed by atoms with Gasteiger partial charge in [0, 0.05) is 12.0 Å². The number of hydrogen-bond acceptors (Lipinski definition) is 7. The smallest absolute Gasteiger partial charge is 0.339 e. The van der Waals surface area contributed by atoms with Gasteiger partial charge in [-0.2, -0.15) is 0 Å². The fourth-order valence-electron chi connectivity index (χ4n) is 8.06. The van der Waals surface area contributed by atoms with E-state index in [1.165, 1.54) is 30.3 Å². The Kier molecular flexibility index (Phi) is 6.61. The summed E-state index contributed by atoms with van der Waals surface area (Å²) in [7, 11) is 0. The number of hydrogen-bond donors (Lipinski definition) is 3. The van der Waals surface area contributed by atoms with Gasteiger partial charge in [-0.25, -0.2) is 19.0 Å². The van der Waals surface area contributed by atoms with Gasteiger partial charge in [-0.1, -0.05) is 35.4 Å². The summed E-state index contributed by atoms with van der Waals surface area (Å²) in [4.78, 5) is 69.8. The zero-order valence-corrected chi connectivity index (χ0v) is 24.9. The fourth-order valence-corrected chi connectivity index (χ4v) is 8.24. The van der Waals surface area contributed by atoms with Crippen molar-refractivity contribution in [1.82, 2.24) is 0 Å². The van der Waals surface area contributed by atoms with Gasteiger partial charge in [0.2, 0.25) is 23.6 Å². The van der Waals surface area contributed by atoms with Gasteiger partial charge in [0.25, 0.3) is 0 Å². The van der Waals surface area contributed by atoms with Crippen molar-refractivity contribution in [2.24, 2.45) is 29.1 Å². The molecule has 0 spiro atoms. The molecule has 0 aromatic heterocycles. The summed E-state index contributed by atoms with van der Waals surface area (Å²) in [6, 6.07) is 13.4. The third-order valence-electron chi connectivity index (χ3n) is 10.1. The van der Waals surface area contributed by atoms with E-state index in [9.17, 15) is 43.7 Å². The zero-order chi connectivity index (χ0) is 32.8. The lowest BCUT2D eigenvalue weighted by atomic mass is 9.51. The van der Waals surface area contributed by atoms with Gasteiger partial charge in [-0.3, -0.25) is 19.2 Å². The Balaban J connectivity index is 1.34. The summed E-state index contributed by atoms with van der Waals surface area (Å²) in [6.45, 7) is 1.68. The van der Waals surface area contributed by atoms with Crippen molar-refractivity contribution < 1.29 is 43.7 Å². The van der Waals surface area contributed by atoms with Crippen LogP contribution >= 0.6 is 11.6 Å². The number of nitrogens with zero attached hydrogens (tertiary/aromatic N) is 2. The van der Waals surface area contributed by atoms with E-state index in [-0.39, 0.29) is 40.6 Å². The van der Waals surface area contributed by atoms with Crippen molar-refractivity contribution in [2.75, 3.05) is 9.80 Å². The zero-order valence-electron chi connectivity index (χ0n) is 24.2. The van der Waals surface area contributed by atoms with Gasteiger partial charge >= 0.3 is 5.97 Å². The predicted octanol–water partition coefficient (Wildman–Crippen LogP) is 5.02. The molecular formula is C34H26ClFN2O8. The predicted molar refractivity (Wildman–Crippen MR) is 162 cm³/mol. The normalized spacial score (nSPS) is 28.6. The van der Waals surface area contributed by atoms with Gasteiger partial charge in [0.15, 0.2) is 0 Å². The molecule has 2 aliphatic carbocycles. The van der Waals surface area contributed by atoms with Crippen LogP contribution in [-0.2, 0) is 19.2 Å². The molecule has 7 rings (SSSR count). The van der Waals surface area contributed by atoms with Crippen molar-refractivity contribution in [3.63, 3.8) is 0 Å². The van der Waals surface area contributed by atoms with Crippen LogP contribution in [0.5, 0.6) is 11.5 Å². The number of fused-ring (bicyclic) bond motifs is 4. The first kappa shape index (κ1) is 29.7. The molecule has 234 valence electrons. The maximum Gasteiger partial charge on any atom is 0.339 e. The first-order valence-corrected chi connectivity index (χ1v) is 15.0. The molecule has 2 saturated heterocycles. The number of rotatable bonds is 4. The van der Waals surface area contributed by atoms with Crippen molar-refractivity contribution in [3.05, 3.63) is 94.3 Å². The first-order valence-electron chi connectivity index (χ1n) is 14.6. The molecule has 0 bridgehead atoms. The number of carbonyl (C=O) groups excluding carboxylic acids is 4. The summed E-state index contributed by atoms with van der Waals surface area (Å²) in [6.07, 6.45) is 2.06. The molecule has 2 aliphatic heterocycles. The topological polar surface area (TPSA) is 153 Å². The highest BCUT2D eigenvalue weighted by atomic mass is 35.5. The summed E-state index contributed by atoms with van der Waals surface area (Å²) in [5, 5.41) is 29.8. The highest BCUT2D eigenvalue weighted by Gasteiger charge is 2.67. The van der Waals surface area contributed by atoms with E-state index in [2.05, 4.69) is 0 Å². The van der Waals surface area contributed by atoms with E-state index >= 15 is 0 Å². The van der Waals surface area contributed by atoms with E-state index in [1.54, 1.807) is 19.1 Å². The number of carbonyl (C=O) groups is 5. The molecule has 1 saturated carbocycles. The van der Waals surface area contributed by atoms with E-state index < -0.39 is 76.2 Å². The maximum atomic E-state index is 14.4. The highest BCUT2D eigenvalue weighted by molar-refractivity contribution is 6.32. The van der Waals surface area contributed by atoms with Gasteiger partial charge < -0.3 is 15.3 Å². The van der Waals surface area contributed by atoms with Gasteiger partial charge in [-0.05, 0) is 73.7 Å². The number of amides is 4. The second-order valence-electron chi connectivity index (χ2n) is 12.4. The van der Waals surface area contributed by atoms with Crippen molar-refractivity contribution >= 4 is 52.6 Å². The number of carboxylic acid groups (broad SMARTS) is 1. The van der Waals surface area contributed by atoms with Crippen molar-refractivity contribution in [1.29, 1.82) is 0 Å². The number of aromatic carboxylic acids is 1. The number of anilines is 2. The van der Waals surface area contributed by atoms with Crippen LogP contribution in [0.15, 0.2) is 72.3 Å². The van der Waals surface area contributed by atoms with E-state index in [0.29, 0.717) is 11.1 Å². The molecular weight excluding hydrogens is 619 g/mol. The Labute approximate surface area is 266 Å². The number of imide groups is 2. The van der Waals surface area contributed by atoms with Crippen LogP contribution in [0.4, 0.5) is 15.8 Å². The minimum absolute atomic E-state index is 0.0186. The van der Waals surface area contributed by atoms with Crippen molar-refractivity contribution in [2.45, 2.75) is 25.7 Å². The average Bonchev–Trinajstić information content (AvgIpc) is 3.37. The molecule has 10 nitrogen and oxygen atoms in total. The molecule has 12 heteroatoms. The summed E-state index contributed by atoms with van der Waals surface area (Å²) in [5.41, 5.74) is -0.400. The van der Waals surface area contributed by atoms with Crippen LogP contribution in [0.3, 0.4) is 0 Å². The average molecular weight is 645 g/mol. The standard InChI is InChI=1S/C34H26ClFN2O8/c1-34-23(30(42)38(33(34)46)16-6-10-25(36)24(35)12-16)14-22-19(28(34)15-3-2-4-18(39)11-15)8-9-21-27(22)31(43)37(29(21)41)17-5-7-20(32(44)45)26(40)13-17/h2-8,10-13,21-23,27-28,39-40H,9,14H2,1H3,(H,44,45). The van der Waals surface area contributed by atoms with Crippen LogP contribution in [0.2, 0.25) is 5.02 Å². The Morgan fingerprint density at radius 3 is 2.30 bits per heavy atom. The lowest BCUT2D eigenvalue weighted by Gasteiger charge is -2.49. The van der Waals surface area contributed by atoms with Crippen LogP contribution in [0, 0.1) is 34.9 Å². The molecule has 3 N–H and O–H groups in total. The highest BCUT2D eigenvalue weighted by Crippen LogP contribution is 2.64. The number of halogens is 2. The van der Waals surface area contributed by atoms with E-state index in [1.807, 2.05) is 6.08 Å². The van der Waals surface area contributed by atoms with Crippen LogP contribution in [0.25, 0.3) is 0 Å². The van der Waals surface area contributed by atoms with E-state index in [4.69, 9.17) is 11.6 Å². The number of carboxylic acids is 1. The molecule has 3 aromatic carbocycles. The number of phenolic OH excluding ortho intramolecular Hbond substituents is 1.